The Bertz CT molecular complexity index is 596. The van der Waals surface area contributed by atoms with Gasteiger partial charge in [-0.15, -0.1) is 11.8 Å². The Morgan fingerprint density at radius 3 is 2.95 bits per heavy atom. The van der Waals surface area contributed by atoms with E-state index in [1.54, 1.807) is 18.2 Å². The number of rotatable bonds is 3. The zero-order valence-corrected chi connectivity index (χ0v) is 12.4. The first-order valence-electron chi connectivity index (χ1n) is 6.15. The van der Waals surface area contributed by atoms with E-state index >= 15 is 0 Å². The summed E-state index contributed by atoms with van der Waals surface area (Å²) in [4.78, 5) is 20.3. The number of ether oxygens (including phenoxy) is 1. The number of aliphatic imine (C=N–C) groups is 2. The summed E-state index contributed by atoms with van der Waals surface area (Å²) in [5.41, 5.74) is 2.43. The molecule has 1 aromatic rings. The van der Waals surface area contributed by atoms with Gasteiger partial charge in [-0.3, -0.25) is 9.98 Å². The molecule has 0 radical (unpaired) electrons. The van der Waals surface area contributed by atoms with Crippen LogP contribution in [0.4, 0.5) is 5.69 Å². The number of hydrogen-bond acceptors (Lipinski definition) is 6. The summed E-state index contributed by atoms with van der Waals surface area (Å²) in [7, 11) is 1.36. The molecule has 1 aliphatic rings. The first-order valence-corrected chi connectivity index (χ1v) is 7.13. The quantitative estimate of drug-likeness (QED) is 0.686. The van der Waals surface area contributed by atoms with Gasteiger partial charge < -0.3 is 9.84 Å². The molecule has 1 aliphatic heterocycles. The molecule has 1 heterocycles. The lowest BCUT2D eigenvalue weighted by atomic mass is 10.2. The number of esters is 1. The summed E-state index contributed by atoms with van der Waals surface area (Å²) in [6.45, 7) is 3.74. The third kappa shape index (κ3) is 3.19. The second-order valence-corrected chi connectivity index (χ2v) is 5.46. The molecule has 6 heteroatoms. The minimum Gasteiger partial charge on any atom is -0.508 e. The van der Waals surface area contributed by atoms with Gasteiger partial charge in [0.05, 0.1) is 18.5 Å². The molecule has 0 bridgehead atoms. The summed E-state index contributed by atoms with van der Waals surface area (Å²) in [5, 5.41) is 10.1. The maximum atomic E-state index is 11.4. The fourth-order valence-electron chi connectivity index (χ4n) is 1.82. The first-order chi connectivity index (χ1) is 9.51. The predicted octanol–water partition coefficient (Wildman–Crippen LogP) is 2.48. The zero-order valence-electron chi connectivity index (χ0n) is 11.6. The van der Waals surface area contributed by atoms with Crippen molar-refractivity contribution in [3.63, 3.8) is 0 Å². The second-order valence-electron chi connectivity index (χ2n) is 4.45. The molecule has 2 rings (SSSR count). The highest BCUT2D eigenvalue weighted by atomic mass is 32.2. The van der Waals surface area contributed by atoms with Crippen molar-refractivity contribution in [2.75, 3.05) is 12.9 Å². The SMILES string of the molecule is COC(=O)[C@@H]1CSC(C(C)=Nc2ccc(O)cc2C)=N1. The minimum atomic E-state index is -0.439. The van der Waals surface area contributed by atoms with Crippen LogP contribution >= 0.6 is 11.8 Å². The lowest BCUT2D eigenvalue weighted by Crippen LogP contribution is -2.19. The van der Waals surface area contributed by atoms with Gasteiger partial charge in [0, 0.05) is 5.75 Å². The van der Waals surface area contributed by atoms with Gasteiger partial charge in [-0.05, 0) is 37.6 Å². The Kier molecular flexibility index (Phi) is 4.44. The maximum absolute atomic E-state index is 11.4. The fraction of sp³-hybridized carbons (Fsp3) is 0.357. The molecular weight excluding hydrogens is 276 g/mol. The molecule has 0 fully saturated rings. The molecule has 1 N–H and O–H groups in total. The van der Waals surface area contributed by atoms with E-state index in [2.05, 4.69) is 14.7 Å². The second kappa shape index (κ2) is 6.09. The monoisotopic (exact) mass is 292 g/mol. The third-order valence-corrected chi connectivity index (χ3v) is 4.06. The fourth-order valence-corrected chi connectivity index (χ4v) is 2.80. The van der Waals surface area contributed by atoms with Crippen LogP contribution in [0.15, 0.2) is 28.2 Å². The smallest absolute Gasteiger partial charge is 0.331 e. The average Bonchev–Trinajstić information content (AvgIpc) is 2.90. The lowest BCUT2D eigenvalue weighted by Gasteiger charge is -2.03. The molecule has 0 saturated carbocycles. The Morgan fingerprint density at radius 1 is 1.55 bits per heavy atom. The van der Waals surface area contributed by atoms with E-state index in [4.69, 9.17) is 0 Å². The van der Waals surface area contributed by atoms with E-state index in [0.717, 1.165) is 22.0 Å². The van der Waals surface area contributed by atoms with Gasteiger partial charge in [-0.2, -0.15) is 0 Å². The standard InChI is InChI=1S/C14H16N2O3S/c1-8-6-10(17)4-5-11(8)15-9(2)13-16-12(7-20-13)14(18)19-3/h4-6,12,17H,7H2,1-3H3/t12-/m0/s1. The average molecular weight is 292 g/mol. The van der Waals surface area contributed by atoms with Crippen LogP contribution < -0.4 is 0 Å². The van der Waals surface area contributed by atoms with Crippen LogP contribution in [0.5, 0.6) is 5.75 Å². The van der Waals surface area contributed by atoms with Gasteiger partial charge in [-0.25, -0.2) is 4.79 Å². The Labute approximate surface area is 121 Å². The minimum absolute atomic E-state index is 0.220. The molecule has 1 aromatic carbocycles. The number of nitrogens with zero attached hydrogens (tertiary/aromatic N) is 2. The molecule has 0 amide bonds. The number of methoxy groups -OCH3 is 1. The summed E-state index contributed by atoms with van der Waals surface area (Å²) < 4.78 is 4.69. The molecule has 1 atom stereocenters. The van der Waals surface area contributed by atoms with Crippen LogP contribution in [0.2, 0.25) is 0 Å². The number of thioether (sulfide) groups is 1. The van der Waals surface area contributed by atoms with Crippen LogP contribution in [-0.4, -0.2) is 40.7 Å². The molecule has 0 saturated heterocycles. The van der Waals surface area contributed by atoms with Crippen molar-refractivity contribution in [1.82, 2.24) is 0 Å². The van der Waals surface area contributed by atoms with E-state index in [0.29, 0.717) is 5.75 Å². The van der Waals surface area contributed by atoms with Gasteiger partial charge in [0.25, 0.3) is 0 Å². The number of aromatic hydroxyl groups is 1. The number of benzene rings is 1. The van der Waals surface area contributed by atoms with Crippen LogP contribution in [0.3, 0.4) is 0 Å². The van der Waals surface area contributed by atoms with Gasteiger partial charge >= 0.3 is 5.97 Å². The van der Waals surface area contributed by atoms with Crippen molar-refractivity contribution in [3.05, 3.63) is 23.8 Å². The molecular formula is C14H16N2O3S. The van der Waals surface area contributed by atoms with Crippen LogP contribution in [0.25, 0.3) is 0 Å². The number of hydrogen-bond donors (Lipinski definition) is 1. The number of carbonyl (C=O) groups is 1. The molecule has 0 aliphatic carbocycles. The molecule has 0 aromatic heterocycles. The van der Waals surface area contributed by atoms with Crippen molar-refractivity contribution in [2.45, 2.75) is 19.9 Å². The van der Waals surface area contributed by atoms with Gasteiger partial charge in [0.1, 0.15) is 10.8 Å². The van der Waals surface area contributed by atoms with Gasteiger partial charge in [0.2, 0.25) is 0 Å². The lowest BCUT2D eigenvalue weighted by molar-refractivity contribution is -0.141. The number of aryl methyl sites for hydroxylation is 1. The van der Waals surface area contributed by atoms with Crippen LogP contribution in [0, 0.1) is 6.92 Å². The molecule has 0 spiro atoms. The Balaban J connectivity index is 2.21. The molecule has 106 valence electrons. The highest BCUT2D eigenvalue weighted by molar-refractivity contribution is 8.16. The molecule has 20 heavy (non-hydrogen) atoms. The van der Waals surface area contributed by atoms with Gasteiger partial charge in [0.15, 0.2) is 6.04 Å². The van der Waals surface area contributed by atoms with Crippen molar-refractivity contribution in [2.24, 2.45) is 9.98 Å². The maximum Gasteiger partial charge on any atom is 0.331 e. The largest absolute Gasteiger partial charge is 0.508 e. The predicted molar refractivity (Wildman–Crippen MR) is 81.3 cm³/mol. The van der Waals surface area contributed by atoms with E-state index in [1.165, 1.54) is 18.9 Å². The van der Waals surface area contributed by atoms with Crippen molar-refractivity contribution in [1.29, 1.82) is 0 Å². The normalized spacial score (nSPS) is 18.9. The van der Waals surface area contributed by atoms with Crippen LogP contribution in [0.1, 0.15) is 12.5 Å². The van der Waals surface area contributed by atoms with E-state index in [-0.39, 0.29) is 11.7 Å². The highest BCUT2D eigenvalue weighted by Gasteiger charge is 2.26. The topological polar surface area (TPSA) is 71.2 Å². The number of phenolic OH excluding ortho intramolecular Hbond substituents is 1. The third-order valence-electron chi connectivity index (χ3n) is 2.90. The van der Waals surface area contributed by atoms with E-state index in [9.17, 15) is 9.90 Å². The van der Waals surface area contributed by atoms with Crippen LogP contribution in [-0.2, 0) is 9.53 Å². The van der Waals surface area contributed by atoms with Crippen molar-refractivity contribution < 1.29 is 14.6 Å². The summed E-state index contributed by atoms with van der Waals surface area (Å²) in [6.07, 6.45) is 0. The Hall–Kier alpha value is -1.82. The van der Waals surface area contributed by atoms with Gasteiger partial charge in [-0.1, -0.05) is 0 Å². The summed E-state index contributed by atoms with van der Waals surface area (Å²) >= 11 is 1.50. The molecule has 5 nitrogen and oxygen atoms in total. The summed E-state index contributed by atoms with van der Waals surface area (Å²) in [6, 6.07) is 4.57. The van der Waals surface area contributed by atoms with Crippen molar-refractivity contribution in [3.8, 4) is 5.75 Å². The number of carbonyl (C=O) groups excluding carboxylic acids is 1. The number of phenols is 1. The summed E-state index contributed by atoms with van der Waals surface area (Å²) in [5.74, 6) is 0.488. The molecule has 0 unspecified atom stereocenters. The van der Waals surface area contributed by atoms with Crippen molar-refractivity contribution >= 4 is 34.2 Å². The first kappa shape index (κ1) is 14.6. The van der Waals surface area contributed by atoms with E-state index in [1.807, 2.05) is 13.8 Å². The zero-order chi connectivity index (χ0) is 14.7. The van der Waals surface area contributed by atoms with E-state index < -0.39 is 6.04 Å². The Morgan fingerprint density at radius 2 is 2.30 bits per heavy atom. The highest BCUT2D eigenvalue weighted by Crippen LogP contribution is 2.25.